The monoisotopic (exact) mass is 382 g/mol. The van der Waals surface area contributed by atoms with Gasteiger partial charge >= 0.3 is 0 Å². The molecule has 138 valence electrons. The molecule has 0 radical (unpaired) electrons. The summed E-state index contributed by atoms with van der Waals surface area (Å²) in [6.45, 7) is 1.97. The van der Waals surface area contributed by atoms with Crippen molar-refractivity contribution in [2.24, 2.45) is 0 Å². The van der Waals surface area contributed by atoms with Gasteiger partial charge in [-0.05, 0) is 36.8 Å². The van der Waals surface area contributed by atoms with Gasteiger partial charge in [0.05, 0.1) is 18.4 Å². The molecule has 2 amide bonds. The van der Waals surface area contributed by atoms with Gasteiger partial charge in [-0.25, -0.2) is 0 Å². The minimum atomic E-state index is -0.365. The highest BCUT2D eigenvalue weighted by Crippen LogP contribution is 2.21. The number of hydrogen-bond donors (Lipinski definition) is 2. The normalized spacial score (nSPS) is 10.3. The second kappa shape index (κ2) is 8.41. The number of para-hydroxylation sites is 1. The second-order valence-electron chi connectivity index (χ2n) is 5.54. The highest BCUT2D eigenvalue weighted by molar-refractivity contribution is 7.15. The molecule has 3 aromatic rings. The molecule has 0 atom stereocenters. The van der Waals surface area contributed by atoms with E-state index < -0.39 is 0 Å². The number of methoxy groups -OCH3 is 1. The van der Waals surface area contributed by atoms with Gasteiger partial charge in [0.1, 0.15) is 10.8 Å². The summed E-state index contributed by atoms with van der Waals surface area (Å²) in [4.78, 5) is 25.1. The Morgan fingerprint density at radius 1 is 1.04 bits per heavy atom. The average Bonchev–Trinajstić information content (AvgIpc) is 3.16. The molecule has 0 saturated heterocycles. The molecule has 0 bridgehead atoms. The first kappa shape index (κ1) is 18.5. The van der Waals surface area contributed by atoms with Gasteiger partial charge in [-0.3, -0.25) is 14.9 Å². The highest BCUT2D eigenvalue weighted by atomic mass is 32.1. The van der Waals surface area contributed by atoms with Crippen LogP contribution in [0.5, 0.6) is 5.75 Å². The van der Waals surface area contributed by atoms with Crippen molar-refractivity contribution in [2.75, 3.05) is 17.7 Å². The first-order chi connectivity index (χ1) is 13.1. The molecule has 0 aliphatic rings. The fourth-order valence-corrected chi connectivity index (χ4v) is 3.03. The predicted octanol–water partition coefficient (Wildman–Crippen LogP) is 3.61. The van der Waals surface area contributed by atoms with E-state index in [0.29, 0.717) is 27.7 Å². The molecule has 0 fully saturated rings. The Kier molecular flexibility index (Phi) is 5.77. The van der Waals surface area contributed by atoms with Crippen molar-refractivity contribution in [3.05, 3.63) is 64.7 Å². The Balaban J connectivity index is 1.78. The summed E-state index contributed by atoms with van der Waals surface area (Å²) in [5.74, 6) is -0.120. The van der Waals surface area contributed by atoms with Crippen molar-refractivity contribution < 1.29 is 14.3 Å². The number of nitrogens with zero attached hydrogens (tertiary/aromatic N) is 2. The van der Waals surface area contributed by atoms with E-state index in [9.17, 15) is 9.59 Å². The molecule has 27 heavy (non-hydrogen) atoms. The van der Waals surface area contributed by atoms with Gasteiger partial charge in [-0.1, -0.05) is 36.5 Å². The van der Waals surface area contributed by atoms with Crippen molar-refractivity contribution in [3.8, 4) is 5.75 Å². The van der Waals surface area contributed by atoms with Crippen LogP contribution in [0.2, 0.25) is 0 Å². The third-order valence-corrected chi connectivity index (χ3v) is 4.72. The minimum absolute atomic E-state index is 0.335. The molecular formula is C19H18N4O3S. The van der Waals surface area contributed by atoms with Crippen LogP contribution in [0.1, 0.15) is 32.6 Å². The lowest BCUT2D eigenvalue weighted by molar-refractivity contribution is 0.102. The Labute approximate surface area is 160 Å². The van der Waals surface area contributed by atoms with Crippen LogP contribution in [0.25, 0.3) is 0 Å². The van der Waals surface area contributed by atoms with Crippen LogP contribution in [-0.4, -0.2) is 29.1 Å². The number of amides is 2. The number of aromatic nitrogens is 2. The lowest BCUT2D eigenvalue weighted by Crippen LogP contribution is -2.18. The molecular weight excluding hydrogens is 364 g/mol. The zero-order valence-electron chi connectivity index (χ0n) is 14.9. The maximum absolute atomic E-state index is 12.6. The molecule has 2 aromatic carbocycles. The standard InChI is InChI=1S/C19H18N4O3S/c1-3-16-22-23-19(27-16)21-18(25)14-9-4-5-10-15(14)20-17(24)12-7-6-8-13(11-12)26-2/h4-11H,3H2,1-2H3,(H,20,24)(H,21,23,25). The quantitative estimate of drug-likeness (QED) is 0.679. The van der Waals surface area contributed by atoms with Crippen molar-refractivity contribution in [2.45, 2.75) is 13.3 Å². The third-order valence-electron chi connectivity index (χ3n) is 3.74. The molecule has 0 saturated carbocycles. The fraction of sp³-hybridized carbons (Fsp3) is 0.158. The number of rotatable bonds is 6. The van der Waals surface area contributed by atoms with E-state index in [1.165, 1.54) is 18.4 Å². The summed E-state index contributed by atoms with van der Waals surface area (Å²) in [5, 5.41) is 14.7. The van der Waals surface area contributed by atoms with Crippen molar-refractivity contribution >= 4 is 34.0 Å². The zero-order chi connectivity index (χ0) is 19.2. The fourth-order valence-electron chi connectivity index (χ4n) is 2.36. The van der Waals surface area contributed by atoms with Crippen LogP contribution in [0.15, 0.2) is 48.5 Å². The summed E-state index contributed by atoms with van der Waals surface area (Å²) in [6, 6.07) is 13.6. The SMILES string of the molecule is CCc1nnc(NC(=O)c2ccccc2NC(=O)c2cccc(OC)c2)s1. The van der Waals surface area contributed by atoms with Gasteiger partial charge in [0, 0.05) is 5.56 Å². The summed E-state index contributed by atoms with van der Waals surface area (Å²) in [5.41, 5.74) is 1.17. The number of hydrogen-bond acceptors (Lipinski definition) is 6. The molecule has 3 rings (SSSR count). The summed E-state index contributed by atoms with van der Waals surface area (Å²) < 4.78 is 5.14. The number of carbonyl (C=O) groups is 2. The van der Waals surface area contributed by atoms with Crippen molar-refractivity contribution in [1.82, 2.24) is 10.2 Å². The molecule has 1 heterocycles. The summed E-state index contributed by atoms with van der Waals surface area (Å²) in [6.07, 6.45) is 0.751. The van der Waals surface area contributed by atoms with Crippen LogP contribution in [0, 0.1) is 0 Å². The molecule has 2 N–H and O–H groups in total. The van der Waals surface area contributed by atoms with Gasteiger partial charge in [-0.15, -0.1) is 10.2 Å². The molecule has 1 aromatic heterocycles. The minimum Gasteiger partial charge on any atom is -0.497 e. The summed E-state index contributed by atoms with van der Waals surface area (Å²) in [7, 11) is 1.54. The molecule has 0 aliphatic heterocycles. The number of aryl methyl sites for hydroxylation is 1. The van der Waals surface area contributed by atoms with Crippen LogP contribution in [-0.2, 0) is 6.42 Å². The molecule has 7 nitrogen and oxygen atoms in total. The van der Waals surface area contributed by atoms with E-state index in [4.69, 9.17) is 4.74 Å². The van der Waals surface area contributed by atoms with Crippen LogP contribution in [0.3, 0.4) is 0 Å². The van der Waals surface area contributed by atoms with Crippen LogP contribution in [0.4, 0.5) is 10.8 Å². The van der Waals surface area contributed by atoms with Crippen LogP contribution < -0.4 is 15.4 Å². The maximum atomic E-state index is 12.6. The van der Waals surface area contributed by atoms with E-state index in [-0.39, 0.29) is 11.8 Å². The first-order valence-corrected chi connectivity index (χ1v) is 9.10. The van der Waals surface area contributed by atoms with E-state index >= 15 is 0 Å². The van der Waals surface area contributed by atoms with E-state index in [2.05, 4.69) is 20.8 Å². The number of nitrogens with one attached hydrogen (secondary N) is 2. The molecule has 0 unspecified atom stereocenters. The lowest BCUT2D eigenvalue weighted by Gasteiger charge is -2.11. The highest BCUT2D eigenvalue weighted by Gasteiger charge is 2.16. The van der Waals surface area contributed by atoms with E-state index in [1.807, 2.05) is 6.92 Å². The van der Waals surface area contributed by atoms with E-state index in [0.717, 1.165) is 11.4 Å². The van der Waals surface area contributed by atoms with Gasteiger partial charge in [0.2, 0.25) is 5.13 Å². The zero-order valence-corrected chi connectivity index (χ0v) is 15.7. The predicted molar refractivity (Wildman–Crippen MR) is 105 cm³/mol. The second-order valence-corrected chi connectivity index (χ2v) is 6.60. The van der Waals surface area contributed by atoms with E-state index in [1.54, 1.807) is 48.5 Å². The van der Waals surface area contributed by atoms with Gasteiger partial charge < -0.3 is 10.1 Å². The van der Waals surface area contributed by atoms with Gasteiger partial charge in [0.15, 0.2) is 0 Å². The molecule has 8 heteroatoms. The van der Waals surface area contributed by atoms with Crippen LogP contribution >= 0.6 is 11.3 Å². The Hall–Kier alpha value is -3.26. The Morgan fingerprint density at radius 3 is 2.59 bits per heavy atom. The van der Waals surface area contributed by atoms with Gasteiger partial charge in [0.25, 0.3) is 11.8 Å². The Morgan fingerprint density at radius 2 is 1.85 bits per heavy atom. The first-order valence-electron chi connectivity index (χ1n) is 8.29. The largest absolute Gasteiger partial charge is 0.497 e. The van der Waals surface area contributed by atoms with Crippen molar-refractivity contribution in [3.63, 3.8) is 0 Å². The maximum Gasteiger partial charge on any atom is 0.259 e. The van der Waals surface area contributed by atoms with Crippen molar-refractivity contribution in [1.29, 1.82) is 0 Å². The number of benzene rings is 2. The Bertz CT molecular complexity index is 971. The third kappa shape index (κ3) is 4.48. The average molecular weight is 382 g/mol. The smallest absolute Gasteiger partial charge is 0.259 e. The summed E-state index contributed by atoms with van der Waals surface area (Å²) >= 11 is 1.32. The number of anilines is 2. The topological polar surface area (TPSA) is 93.2 Å². The number of carbonyl (C=O) groups excluding carboxylic acids is 2. The number of ether oxygens (including phenoxy) is 1. The van der Waals surface area contributed by atoms with Gasteiger partial charge in [-0.2, -0.15) is 0 Å². The molecule has 0 aliphatic carbocycles. The lowest BCUT2D eigenvalue weighted by atomic mass is 10.1. The molecule has 0 spiro atoms.